The van der Waals surface area contributed by atoms with Gasteiger partial charge in [0, 0.05) is 6.20 Å². The minimum atomic E-state index is -0.264. The zero-order chi connectivity index (χ0) is 5.11. The highest BCUT2D eigenvalue weighted by Gasteiger charge is 2.02. The Balaban J connectivity index is 2.39. The average Bonchev–Trinajstić information content (AvgIpc) is 2.14. The molecule has 7 heavy (non-hydrogen) atoms. The molecule has 35 valence electrons. The van der Waals surface area contributed by atoms with Gasteiger partial charge < -0.3 is 10.6 Å². The van der Waals surface area contributed by atoms with E-state index in [2.05, 4.69) is 16.8 Å². The van der Waals surface area contributed by atoms with Crippen molar-refractivity contribution in [3.63, 3.8) is 0 Å². The fourth-order valence-corrected chi connectivity index (χ4v) is 0.361. The van der Waals surface area contributed by atoms with Crippen LogP contribution in [-0.2, 0) is 0 Å². The lowest BCUT2D eigenvalue weighted by molar-refractivity contribution is 0.694. The van der Waals surface area contributed by atoms with E-state index < -0.39 is 0 Å². The summed E-state index contributed by atoms with van der Waals surface area (Å²) in [7, 11) is 0. The SMILES string of the molecule is N#CC1N[C]=CN1. The van der Waals surface area contributed by atoms with E-state index in [1.807, 2.05) is 6.07 Å². The number of nitrogens with zero attached hydrogens (tertiary/aromatic N) is 1. The maximum atomic E-state index is 8.13. The lowest BCUT2D eigenvalue weighted by atomic mass is 10.6. The van der Waals surface area contributed by atoms with Crippen LogP contribution in [0.15, 0.2) is 6.20 Å². The summed E-state index contributed by atoms with van der Waals surface area (Å²) in [6.07, 6.45) is 3.93. The minimum absolute atomic E-state index is 0.264. The number of hydrogen-bond acceptors (Lipinski definition) is 3. The molecule has 0 saturated carbocycles. The Morgan fingerprint density at radius 1 is 1.86 bits per heavy atom. The van der Waals surface area contributed by atoms with Gasteiger partial charge in [-0.25, -0.2) is 0 Å². The standard InChI is InChI=1S/C4H4N3/c5-3-4-6-1-2-7-4/h1,4,6-7H. The summed E-state index contributed by atoms with van der Waals surface area (Å²) in [4.78, 5) is 0. The molecule has 0 amide bonds. The van der Waals surface area contributed by atoms with Crippen molar-refractivity contribution in [2.75, 3.05) is 0 Å². The van der Waals surface area contributed by atoms with Crippen molar-refractivity contribution in [2.24, 2.45) is 0 Å². The van der Waals surface area contributed by atoms with Crippen LogP contribution in [0.2, 0.25) is 0 Å². The highest BCUT2D eigenvalue weighted by atomic mass is 15.1. The van der Waals surface area contributed by atoms with Crippen LogP contribution in [0.1, 0.15) is 0 Å². The van der Waals surface area contributed by atoms with Gasteiger partial charge in [-0.15, -0.1) is 0 Å². The molecule has 0 spiro atoms. The van der Waals surface area contributed by atoms with Gasteiger partial charge in [-0.3, -0.25) is 0 Å². The summed E-state index contributed by atoms with van der Waals surface area (Å²) in [5.41, 5.74) is 0. The molecule has 1 aliphatic heterocycles. The van der Waals surface area contributed by atoms with Crippen LogP contribution in [-0.4, -0.2) is 6.17 Å². The molecule has 0 aromatic rings. The fourth-order valence-electron chi connectivity index (χ4n) is 0.361. The van der Waals surface area contributed by atoms with E-state index in [4.69, 9.17) is 5.26 Å². The zero-order valence-corrected chi connectivity index (χ0v) is 3.60. The van der Waals surface area contributed by atoms with Gasteiger partial charge in [0.15, 0.2) is 6.17 Å². The quantitative estimate of drug-likeness (QED) is 0.417. The summed E-state index contributed by atoms with van der Waals surface area (Å²) in [5, 5.41) is 13.5. The maximum absolute atomic E-state index is 8.13. The zero-order valence-electron chi connectivity index (χ0n) is 3.60. The van der Waals surface area contributed by atoms with Crippen LogP contribution in [0.25, 0.3) is 0 Å². The Kier molecular flexibility index (Phi) is 0.868. The summed E-state index contributed by atoms with van der Waals surface area (Å²) < 4.78 is 0. The van der Waals surface area contributed by atoms with Crippen molar-refractivity contribution in [3.8, 4) is 6.07 Å². The molecule has 3 heteroatoms. The normalized spacial score (nSPS) is 17.6. The predicted octanol–water partition coefficient (Wildman–Crippen LogP) is -0.697. The summed E-state index contributed by atoms with van der Waals surface area (Å²) >= 11 is 0. The fraction of sp³-hybridized carbons (Fsp3) is 0.250. The second-order valence-corrected chi connectivity index (χ2v) is 1.16. The number of nitriles is 1. The molecule has 3 nitrogen and oxygen atoms in total. The van der Waals surface area contributed by atoms with Crippen LogP contribution >= 0.6 is 0 Å². The third kappa shape index (κ3) is 0.631. The van der Waals surface area contributed by atoms with Gasteiger partial charge in [-0.05, 0) is 0 Å². The third-order valence-corrected chi connectivity index (χ3v) is 0.679. The van der Waals surface area contributed by atoms with Gasteiger partial charge in [0.05, 0.1) is 6.20 Å². The lowest BCUT2D eigenvalue weighted by Gasteiger charge is -1.96. The van der Waals surface area contributed by atoms with Crippen LogP contribution < -0.4 is 10.6 Å². The Morgan fingerprint density at radius 3 is 3.00 bits per heavy atom. The van der Waals surface area contributed by atoms with Crippen molar-refractivity contribution in [1.82, 2.24) is 10.6 Å². The first kappa shape index (κ1) is 4.00. The molecular weight excluding hydrogens is 90.1 g/mol. The van der Waals surface area contributed by atoms with E-state index in [1.54, 1.807) is 6.20 Å². The van der Waals surface area contributed by atoms with Crippen molar-refractivity contribution in [2.45, 2.75) is 6.17 Å². The van der Waals surface area contributed by atoms with Gasteiger partial charge in [0.2, 0.25) is 0 Å². The van der Waals surface area contributed by atoms with E-state index in [-0.39, 0.29) is 6.17 Å². The Morgan fingerprint density at radius 2 is 2.71 bits per heavy atom. The van der Waals surface area contributed by atoms with Gasteiger partial charge in [0.1, 0.15) is 6.07 Å². The van der Waals surface area contributed by atoms with Gasteiger partial charge >= 0.3 is 0 Å². The molecule has 0 aliphatic carbocycles. The predicted molar refractivity (Wildman–Crippen MR) is 23.5 cm³/mol. The Hall–Kier alpha value is -1.17. The van der Waals surface area contributed by atoms with Crippen LogP contribution in [0.5, 0.6) is 0 Å². The first-order valence-electron chi connectivity index (χ1n) is 1.92. The van der Waals surface area contributed by atoms with Crippen molar-refractivity contribution < 1.29 is 0 Å². The van der Waals surface area contributed by atoms with E-state index >= 15 is 0 Å². The monoisotopic (exact) mass is 94.0 g/mol. The molecule has 0 aromatic heterocycles. The van der Waals surface area contributed by atoms with Crippen LogP contribution in [0, 0.1) is 17.5 Å². The molecule has 1 rings (SSSR count). The van der Waals surface area contributed by atoms with E-state index in [1.165, 1.54) is 0 Å². The smallest absolute Gasteiger partial charge is 0.187 e. The minimum Gasteiger partial charge on any atom is -0.358 e. The maximum Gasteiger partial charge on any atom is 0.187 e. The van der Waals surface area contributed by atoms with Crippen molar-refractivity contribution in [3.05, 3.63) is 12.4 Å². The summed E-state index contributed by atoms with van der Waals surface area (Å²) in [5.74, 6) is 0. The van der Waals surface area contributed by atoms with E-state index in [0.29, 0.717) is 0 Å². The van der Waals surface area contributed by atoms with Crippen molar-refractivity contribution in [1.29, 1.82) is 5.26 Å². The second-order valence-electron chi connectivity index (χ2n) is 1.16. The Labute approximate surface area is 41.6 Å². The first-order valence-corrected chi connectivity index (χ1v) is 1.92. The van der Waals surface area contributed by atoms with Crippen LogP contribution in [0.3, 0.4) is 0 Å². The van der Waals surface area contributed by atoms with E-state index in [0.717, 1.165) is 0 Å². The highest BCUT2D eigenvalue weighted by molar-refractivity contribution is 4.97. The van der Waals surface area contributed by atoms with Gasteiger partial charge in [-0.1, -0.05) is 0 Å². The van der Waals surface area contributed by atoms with Gasteiger partial charge in [0.25, 0.3) is 0 Å². The van der Waals surface area contributed by atoms with Gasteiger partial charge in [-0.2, -0.15) is 5.26 Å². The lowest BCUT2D eigenvalue weighted by Crippen LogP contribution is -2.28. The van der Waals surface area contributed by atoms with Crippen molar-refractivity contribution >= 4 is 0 Å². The number of hydrogen-bond donors (Lipinski definition) is 2. The molecule has 2 N–H and O–H groups in total. The summed E-state index contributed by atoms with van der Waals surface area (Å²) in [6, 6.07) is 1.95. The molecule has 1 atom stereocenters. The number of nitrogens with one attached hydrogen (secondary N) is 2. The molecule has 1 aliphatic rings. The molecule has 1 radical (unpaired) electrons. The van der Waals surface area contributed by atoms with Crippen LogP contribution in [0.4, 0.5) is 0 Å². The Bertz CT molecular complexity index is 113. The summed E-state index contributed by atoms with van der Waals surface area (Å²) in [6.45, 7) is 0. The molecular formula is C4H4N3. The number of rotatable bonds is 0. The van der Waals surface area contributed by atoms with E-state index in [9.17, 15) is 0 Å². The highest BCUT2D eigenvalue weighted by Crippen LogP contribution is 1.79. The largest absolute Gasteiger partial charge is 0.358 e. The second kappa shape index (κ2) is 1.52. The molecule has 1 unspecified atom stereocenters. The molecule has 0 fully saturated rings. The third-order valence-electron chi connectivity index (χ3n) is 0.679. The average molecular weight is 94.1 g/mol. The topological polar surface area (TPSA) is 47.9 Å². The molecule has 0 saturated heterocycles. The molecule has 0 aromatic carbocycles. The molecule has 0 bridgehead atoms. The first-order chi connectivity index (χ1) is 3.43. The molecule has 1 heterocycles.